The molecule has 0 radical (unpaired) electrons. The minimum atomic E-state index is 0.276. The second-order valence-corrected chi connectivity index (χ2v) is 3.84. The quantitative estimate of drug-likeness (QED) is 0.806. The van der Waals surface area contributed by atoms with Crippen LogP contribution in [0.1, 0.15) is 16.7 Å². The van der Waals surface area contributed by atoms with Crippen LogP contribution in [-0.4, -0.2) is 10.1 Å². The predicted octanol–water partition coefficient (Wildman–Crippen LogP) is 2.27. The van der Waals surface area contributed by atoms with Crippen LogP contribution >= 0.6 is 0 Å². The van der Waals surface area contributed by atoms with Gasteiger partial charge < -0.3 is 10.8 Å². The van der Waals surface area contributed by atoms with Crippen molar-refractivity contribution < 1.29 is 5.11 Å². The van der Waals surface area contributed by atoms with Crippen molar-refractivity contribution in [2.45, 2.75) is 13.3 Å². The molecule has 1 heterocycles. The van der Waals surface area contributed by atoms with E-state index in [-0.39, 0.29) is 5.75 Å². The van der Waals surface area contributed by atoms with E-state index in [0.29, 0.717) is 12.2 Å². The Morgan fingerprint density at radius 1 is 1.31 bits per heavy atom. The average Bonchev–Trinajstić information content (AvgIpc) is 2.24. The molecule has 0 aliphatic heterocycles. The molecule has 0 aliphatic carbocycles. The largest absolute Gasteiger partial charge is 0.508 e. The van der Waals surface area contributed by atoms with Gasteiger partial charge in [-0.15, -0.1) is 0 Å². The molecule has 3 nitrogen and oxygen atoms in total. The van der Waals surface area contributed by atoms with Crippen LogP contribution in [0.3, 0.4) is 0 Å². The van der Waals surface area contributed by atoms with Gasteiger partial charge in [0.1, 0.15) is 11.6 Å². The molecule has 0 unspecified atom stereocenters. The van der Waals surface area contributed by atoms with E-state index in [1.165, 1.54) is 0 Å². The molecule has 0 amide bonds. The van der Waals surface area contributed by atoms with Crippen LogP contribution in [0.2, 0.25) is 0 Å². The van der Waals surface area contributed by atoms with Crippen LogP contribution in [0.5, 0.6) is 5.75 Å². The summed E-state index contributed by atoms with van der Waals surface area (Å²) < 4.78 is 0. The third-order valence-corrected chi connectivity index (χ3v) is 2.61. The van der Waals surface area contributed by atoms with Crippen molar-refractivity contribution in [3.05, 3.63) is 53.2 Å². The molecule has 1 aromatic heterocycles. The van der Waals surface area contributed by atoms with Crippen molar-refractivity contribution in [3.8, 4) is 5.75 Å². The molecule has 0 aliphatic rings. The minimum absolute atomic E-state index is 0.276. The van der Waals surface area contributed by atoms with Gasteiger partial charge in [0.05, 0.1) is 0 Å². The summed E-state index contributed by atoms with van der Waals surface area (Å²) in [4.78, 5) is 4.07. The fourth-order valence-corrected chi connectivity index (χ4v) is 1.71. The fourth-order valence-electron chi connectivity index (χ4n) is 1.71. The number of phenolic OH excluding ortho intramolecular Hbond substituents is 1. The summed E-state index contributed by atoms with van der Waals surface area (Å²) >= 11 is 0. The number of nitrogens with zero attached hydrogens (tertiary/aromatic N) is 1. The summed E-state index contributed by atoms with van der Waals surface area (Å²) in [5, 5.41) is 9.38. The number of nitrogens with two attached hydrogens (primary N) is 1. The topological polar surface area (TPSA) is 59.1 Å². The molecule has 0 saturated heterocycles. The van der Waals surface area contributed by atoms with Crippen molar-refractivity contribution in [2.75, 3.05) is 5.73 Å². The van der Waals surface area contributed by atoms with Crippen molar-refractivity contribution in [1.82, 2.24) is 4.98 Å². The maximum absolute atomic E-state index is 9.38. The van der Waals surface area contributed by atoms with Gasteiger partial charge >= 0.3 is 0 Å². The lowest BCUT2D eigenvalue weighted by Gasteiger charge is -2.08. The van der Waals surface area contributed by atoms with Crippen LogP contribution in [0, 0.1) is 6.92 Å². The maximum Gasteiger partial charge on any atom is 0.127 e. The van der Waals surface area contributed by atoms with Crippen molar-refractivity contribution in [1.29, 1.82) is 0 Å². The van der Waals surface area contributed by atoms with Crippen LogP contribution in [-0.2, 0) is 6.42 Å². The highest BCUT2D eigenvalue weighted by Crippen LogP contribution is 2.20. The van der Waals surface area contributed by atoms with Crippen LogP contribution in [0.4, 0.5) is 5.82 Å². The lowest BCUT2D eigenvalue weighted by atomic mass is 10.0. The zero-order valence-corrected chi connectivity index (χ0v) is 9.14. The minimum Gasteiger partial charge on any atom is -0.508 e. The van der Waals surface area contributed by atoms with Gasteiger partial charge in [0.2, 0.25) is 0 Å². The Kier molecular flexibility index (Phi) is 2.77. The van der Waals surface area contributed by atoms with E-state index in [2.05, 4.69) is 4.98 Å². The smallest absolute Gasteiger partial charge is 0.127 e. The van der Waals surface area contributed by atoms with Crippen molar-refractivity contribution in [2.24, 2.45) is 0 Å². The average molecular weight is 214 g/mol. The Morgan fingerprint density at radius 2 is 2.12 bits per heavy atom. The van der Waals surface area contributed by atoms with Gasteiger partial charge in [-0.2, -0.15) is 0 Å². The molecule has 3 N–H and O–H groups in total. The Balaban J connectivity index is 2.34. The van der Waals surface area contributed by atoms with Crippen molar-refractivity contribution >= 4 is 5.82 Å². The van der Waals surface area contributed by atoms with Crippen LogP contribution in [0.25, 0.3) is 0 Å². The number of anilines is 1. The molecule has 0 atom stereocenters. The molecule has 2 aromatic rings. The number of hydrogen-bond donors (Lipinski definition) is 2. The van der Waals surface area contributed by atoms with Gasteiger partial charge in [-0.05, 0) is 36.2 Å². The van der Waals surface area contributed by atoms with Crippen molar-refractivity contribution in [3.63, 3.8) is 0 Å². The fraction of sp³-hybridized carbons (Fsp3) is 0.154. The Labute approximate surface area is 94.6 Å². The Morgan fingerprint density at radius 3 is 2.81 bits per heavy atom. The summed E-state index contributed by atoms with van der Waals surface area (Å²) in [6.45, 7) is 2.01. The van der Waals surface area contributed by atoms with Gasteiger partial charge in [0.15, 0.2) is 0 Å². The van der Waals surface area contributed by atoms with E-state index in [1.807, 2.05) is 25.1 Å². The highest BCUT2D eigenvalue weighted by Gasteiger charge is 2.05. The highest BCUT2D eigenvalue weighted by molar-refractivity contribution is 5.47. The number of pyridine rings is 1. The van der Waals surface area contributed by atoms with E-state index >= 15 is 0 Å². The normalized spacial score (nSPS) is 10.3. The first-order valence-electron chi connectivity index (χ1n) is 5.14. The summed E-state index contributed by atoms with van der Waals surface area (Å²) in [7, 11) is 0. The molecule has 16 heavy (non-hydrogen) atoms. The lowest BCUT2D eigenvalue weighted by molar-refractivity contribution is 0.474. The first-order valence-corrected chi connectivity index (χ1v) is 5.14. The highest BCUT2D eigenvalue weighted by atomic mass is 16.3. The molecule has 0 fully saturated rings. The van der Waals surface area contributed by atoms with Gasteiger partial charge in [0.25, 0.3) is 0 Å². The molecule has 82 valence electrons. The van der Waals surface area contributed by atoms with E-state index in [1.54, 1.807) is 18.3 Å². The van der Waals surface area contributed by atoms with E-state index in [9.17, 15) is 5.11 Å². The molecule has 0 saturated carbocycles. The standard InChI is InChI=1S/C13H14N2O/c1-9-5-6-15-13(14)12(9)8-10-3-2-4-11(16)7-10/h2-7,16H,8H2,1H3,(H2,14,15). The summed E-state index contributed by atoms with van der Waals surface area (Å²) in [6.07, 6.45) is 2.40. The van der Waals surface area contributed by atoms with E-state index < -0.39 is 0 Å². The molecule has 3 heteroatoms. The van der Waals surface area contributed by atoms with Crippen LogP contribution in [0.15, 0.2) is 36.5 Å². The first-order chi connectivity index (χ1) is 7.66. The molecule has 2 rings (SSSR count). The zero-order chi connectivity index (χ0) is 11.5. The molecule has 0 bridgehead atoms. The van der Waals surface area contributed by atoms with Crippen LogP contribution < -0.4 is 5.73 Å². The number of benzene rings is 1. The predicted molar refractivity (Wildman–Crippen MR) is 64.3 cm³/mol. The van der Waals surface area contributed by atoms with Gasteiger partial charge in [-0.25, -0.2) is 4.98 Å². The van der Waals surface area contributed by atoms with Gasteiger partial charge in [-0.1, -0.05) is 12.1 Å². The van der Waals surface area contributed by atoms with E-state index in [4.69, 9.17) is 5.73 Å². The molecular weight excluding hydrogens is 200 g/mol. The van der Waals surface area contributed by atoms with Gasteiger partial charge in [0, 0.05) is 18.2 Å². The number of phenols is 1. The molecule has 1 aromatic carbocycles. The number of aromatic hydroxyl groups is 1. The summed E-state index contributed by atoms with van der Waals surface area (Å²) in [6, 6.07) is 9.13. The number of rotatable bonds is 2. The van der Waals surface area contributed by atoms with Gasteiger partial charge in [-0.3, -0.25) is 0 Å². The summed E-state index contributed by atoms with van der Waals surface area (Å²) in [5.74, 6) is 0.834. The lowest BCUT2D eigenvalue weighted by Crippen LogP contribution is -2.01. The number of nitrogen functional groups attached to an aromatic ring is 1. The Bertz CT molecular complexity index is 489. The van der Waals surface area contributed by atoms with E-state index in [0.717, 1.165) is 16.7 Å². The second-order valence-electron chi connectivity index (χ2n) is 3.84. The summed E-state index contributed by atoms with van der Waals surface area (Å²) in [5.41, 5.74) is 9.01. The molecular formula is C13H14N2O. The third-order valence-electron chi connectivity index (χ3n) is 2.61. The monoisotopic (exact) mass is 214 g/mol. The number of aryl methyl sites for hydroxylation is 1. The number of hydrogen-bond acceptors (Lipinski definition) is 3. The molecule has 0 spiro atoms. The Hall–Kier alpha value is -2.03. The first kappa shape index (κ1) is 10.5. The SMILES string of the molecule is Cc1ccnc(N)c1Cc1cccc(O)c1. The maximum atomic E-state index is 9.38. The number of aromatic nitrogens is 1. The zero-order valence-electron chi connectivity index (χ0n) is 9.14. The third kappa shape index (κ3) is 2.14. The second kappa shape index (κ2) is 4.23.